The quantitative estimate of drug-likeness (QED) is 0.837. The van der Waals surface area contributed by atoms with Crippen molar-refractivity contribution in [2.24, 2.45) is 0 Å². The van der Waals surface area contributed by atoms with Gasteiger partial charge in [-0.3, -0.25) is 4.79 Å². The van der Waals surface area contributed by atoms with Crippen LogP contribution in [0.25, 0.3) is 0 Å². The fraction of sp³-hybridized carbons (Fsp3) is 0.500. The molecule has 1 N–H and O–H groups in total. The van der Waals surface area contributed by atoms with Gasteiger partial charge in [0.25, 0.3) is 0 Å². The summed E-state index contributed by atoms with van der Waals surface area (Å²) >= 11 is 0. The van der Waals surface area contributed by atoms with Crippen molar-refractivity contribution >= 4 is 5.91 Å². The van der Waals surface area contributed by atoms with Crippen LogP contribution in [-0.2, 0) is 11.2 Å². The molecule has 4 nitrogen and oxygen atoms in total. The van der Waals surface area contributed by atoms with Gasteiger partial charge in [-0.1, -0.05) is 6.07 Å². The van der Waals surface area contributed by atoms with Gasteiger partial charge in [-0.25, -0.2) is 0 Å². The number of hydrogen-bond acceptors (Lipinski definition) is 3. The summed E-state index contributed by atoms with van der Waals surface area (Å²) < 4.78 is 10.6. The minimum atomic E-state index is 0.102. The molecule has 0 radical (unpaired) electrons. The number of benzene rings is 1. The van der Waals surface area contributed by atoms with Crippen LogP contribution < -0.4 is 14.8 Å². The Labute approximate surface area is 107 Å². The van der Waals surface area contributed by atoms with Crippen molar-refractivity contribution in [3.8, 4) is 11.5 Å². The summed E-state index contributed by atoms with van der Waals surface area (Å²) in [6.45, 7) is 0. The molecule has 1 amide bonds. The Hall–Kier alpha value is -1.71. The summed E-state index contributed by atoms with van der Waals surface area (Å²) in [7, 11) is 3.26. The second-order valence-corrected chi connectivity index (χ2v) is 4.48. The van der Waals surface area contributed by atoms with Crippen LogP contribution in [0.5, 0.6) is 11.5 Å². The summed E-state index contributed by atoms with van der Waals surface area (Å²) in [5, 5.41) is 2.98. The van der Waals surface area contributed by atoms with Crippen LogP contribution >= 0.6 is 0 Å². The topological polar surface area (TPSA) is 47.6 Å². The van der Waals surface area contributed by atoms with Crippen LogP contribution in [0.3, 0.4) is 0 Å². The van der Waals surface area contributed by atoms with Gasteiger partial charge in [0.1, 0.15) is 11.5 Å². The number of methoxy groups -OCH3 is 2. The van der Waals surface area contributed by atoms with E-state index in [9.17, 15) is 4.79 Å². The normalized spacial score (nSPS) is 14.1. The summed E-state index contributed by atoms with van der Waals surface area (Å²) in [5.41, 5.74) is 0.952. The summed E-state index contributed by atoms with van der Waals surface area (Å²) in [6.07, 6.45) is 3.33. The maximum atomic E-state index is 11.7. The van der Waals surface area contributed by atoms with Crippen molar-refractivity contribution in [2.45, 2.75) is 31.7 Å². The second-order valence-electron chi connectivity index (χ2n) is 4.48. The van der Waals surface area contributed by atoms with E-state index in [0.717, 1.165) is 29.9 Å². The van der Waals surface area contributed by atoms with Gasteiger partial charge in [-0.2, -0.15) is 0 Å². The maximum Gasteiger partial charge on any atom is 0.220 e. The minimum absolute atomic E-state index is 0.102. The third-order valence-electron chi connectivity index (χ3n) is 3.07. The highest BCUT2D eigenvalue weighted by Crippen LogP contribution is 2.29. The Morgan fingerprint density at radius 1 is 1.28 bits per heavy atom. The highest BCUT2D eigenvalue weighted by Gasteiger charge is 2.23. The molecule has 98 valence electrons. The van der Waals surface area contributed by atoms with E-state index in [-0.39, 0.29) is 5.91 Å². The first kappa shape index (κ1) is 12.7. The van der Waals surface area contributed by atoms with Crippen molar-refractivity contribution < 1.29 is 14.3 Å². The number of ether oxygens (including phenoxy) is 2. The molecule has 0 aliphatic heterocycles. The van der Waals surface area contributed by atoms with Crippen molar-refractivity contribution in [3.05, 3.63) is 23.8 Å². The highest BCUT2D eigenvalue weighted by atomic mass is 16.5. The molecule has 1 aliphatic rings. The Morgan fingerprint density at radius 2 is 1.89 bits per heavy atom. The van der Waals surface area contributed by atoms with Gasteiger partial charge in [-0.05, 0) is 31.4 Å². The first-order valence-corrected chi connectivity index (χ1v) is 6.24. The zero-order valence-electron chi connectivity index (χ0n) is 10.9. The number of carbonyl (C=O) groups excluding carboxylic acids is 1. The lowest BCUT2D eigenvalue weighted by molar-refractivity contribution is -0.121. The van der Waals surface area contributed by atoms with E-state index in [0.29, 0.717) is 18.9 Å². The first-order chi connectivity index (χ1) is 8.74. The Kier molecular flexibility index (Phi) is 4.07. The van der Waals surface area contributed by atoms with Gasteiger partial charge in [-0.15, -0.1) is 0 Å². The van der Waals surface area contributed by atoms with E-state index in [4.69, 9.17) is 9.47 Å². The van der Waals surface area contributed by atoms with Crippen LogP contribution in [0.2, 0.25) is 0 Å². The van der Waals surface area contributed by atoms with Gasteiger partial charge in [0.2, 0.25) is 5.91 Å². The molecule has 4 heteroatoms. The molecule has 0 bridgehead atoms. The molecule has 18 heavy (non-hydrogen) atoms. The van der Waals surface area contributed by atoms with Crippen LogP contribution in [0, 0.1) is 0 Å². The average Bonchev–Trinajstić information content (AvgIpc) is 3.19. The van der Waals surface area contributed by atoms with Gasteiger partial charge >= 0.3 is 0 Å². The molecule has 0 heterocycles. The molecular formula is C14H19NO3. The van der Waals surface area contributed by atoms with Gasteiger partial charge < -0.3 is 14.8 Å². The van der Waals surface area contributed by atoms with E-state index in [1.54, 1.807) is 14.2 Å². The van der Waals surface area contributed by atoms with E-state index in [1.165, 1.54) is 0 Å². The van der Waals surface area contributed by atoms with E-state index >= 15 is 0 Å². The van der Waals surface area contributed by atoms with E-state index < -0.39 is 0 Å². The lowest BCUT2D eigenvalue weighted by Gasteiger charge is -2.12. The summed E-state index contributed by atoms with van der Waals surface area (Å²) in [4.78, 5) is 11.7. The fourth-order valence-electron chi connectivity index (χ4n) is 1.94. The number of hydrogen-bond donors (Lipinski definition) is 1. The second kappa shape index (κ2) is 5.76. The predicted molar refractivity (Wildman–Crippen MR) is 69.0 cm³/mol. The van der Waals surface area contributed by atoms with Crippen molar-refractivity contribution in [2.75, 3.05) is 14.2 Å². The number of nitrogens with one attached hydrogen (secondary N) is 1. The standard InChI is InChI=1S/C14H19NO3/c1-17-12-4-3-5-13(18-2)11(12)8-9-14(16)15-10-6-7-10/h3-5,10H,6-9H2,1-2H3,(H,15,16). The van der Waals surface area contributed by atoms with E-state index in [2.05, 4.69) is 5.32 Å². The molecular weight excluding hydrogens is 230 g/mol. The first-order valence-electron chi connectivity index (χ1n) is 6.24. The molecule has 1 saturated carbocycles. The van der Waals surface area contributed by atoms with Crippen LogP contribution in [0.1, 0.15) is 24.8 Å². The Morgan fingerprint density at radius 3 is 2.39 bits per heavy atom. The highest BCUT2D eigenvalue weighted by molar-refractivity contribution is 5.77. The van der Waals surface area contributed by atoms with Crippen molar-refractivity contribution in [1.82, 2.24) is 5.32 Å². The molecule has 0 atom stereocenters. The van der Waals surface area contributed by atoms with Crippen molar-refractivity contribution in [3.63, 3.8) is 0 Å². The molecule has 0 saturated heterocycles. The minimum Gasteiger partial charge on any atom is -0.496 e. The SMILES string of the molecule is COc1cccc(OC)c1CCC(=O)NC1CC1. The van der Waals surface area contributed by atoms with E-state index in [1.807, 2.05) is 18.2 Å². The zero-order valence-corrected chi connectivity index (χ0v) is 10.9. The number of rotatable bonds is 6. The molecule has 1 aromatic rings. The third-order valence-corrected chi connectivity index (χ3v) is 3.07. The Bertz CT molecular complexity index is 405. The lowest BCUT2D eigenvalue weighted by Crippen LogP contribution is -2.25. The maximum absolute atomic E-state index is 11.7. The fourth-order valence-corrected chi connectivity index (χ4v) is 1.94. The molecule has 1 fully saturated rings. The number of amides is 1. The predicted octanol–water partition coefficient (Wildman–Crippen LogP) is 1.91. The zero-order chi connectivity index (χ0) is 13.0. The Balaban J connectivity index is 1.99. The van der Waals surface area contributed by atoms with Crippen LogP contribution in [0.15, 0.2) is 18.2 Å². The summed E-state index contributed by atoms with van der Waals surface area (Å²) in [6, 6.07) is 6.07. The molecule has 1 aromatic carbocycles. The largest absolute Gasteiger partial charge is 0.496 e. The van der Waals surface area contributed by atoms with Gasteiger partial charge in [0, 0.05) is 18.0 Å². The smallest absolute Gasteiger partial charge is 0.220 e. The van der Waals surface area contributed by atoms with Crippen LogP contribution in [-0.4, -0.2) is 26.2 Å². The van der Waals surface area contributed by atoms with Gasteiger partial charge in [0.15, 0.2) is 0 Å². The van der Waals surface area contributed by atoms with Crippen molar-refractivity contribution in [1.29, 1.82) is 0 Å². The molecule has 1 aliphatic carbocycles. The molecule has 0 aromatic heterocycles. The molecule has 0 spiro atoms. The van der Waals surface area contributed by atoms with Gasteiger partial charge in [0.05, 0.1) is 14.2 Å². The number of carbonyl (C=O) groups is 1. The molecule has 2 rings (SSSR count). The third kappa shape index (κ3) is 3.15. The van der Waals surface area contributed by atoms with Crippen LogP contribution in [0.4, 0.5) is 0 Å². The summed E-state index contributed by atoms with van der Waals surface area (Å²) in [5.74, 6) is 1.65. The molecule has 0 unspecified atom stereocenters. The lowest BCUT2D eigenvalue weighted by atomic mass is 10.1. The monoisotopic (exact) mass is 249 g/mol. The average molecular weight is 249 g/mol.